The third-order valence-corrected chi connectivity index (χ3v) is 8.78. The summed E-state index contributed by atoms with van der Waals surface area (Å²) in [5.41, 5.74) is 4.16. The second-order valence-corrected chi connectivity index (χ2v) is 12.4. The number of likely N-dealkylation sites (N-methyl/N-ethyl adjacent to an activating group) is 1. The number of carboxylic acids is 1. The number of benzene rings is 3. The molecule has 11 heteroatoms. The van der Waals surface area contributed by atoms with Crippen LogP contribution in [-0.4, -0.2) is 92.1 Å². The number of aliphatic hydroxyl groups excluding tert-OH is 5. The maximum Gasteiger partial charge on any atom is 0.335 e. The fourth-order valence-electron chi connectivity index (χ4n) is 6.05. The molecular weight excluding hydrogens is 614 g/mol. The Morgan fingerprint density at radius 3 is 2.19 bits per heavy atom. The molecule has 4 aromatic rings. The fraction of sp³-hybridized carbons (Fsp3) is 0.405. The van der Waals surface area contributed by atoms with Crippen molar-refractivity contribution in [2.75, 3.05) is 25.5 Å². The Hall–Kier alpha value is -4.10. The SMILES string of the molecule is CNCC(O)C(O)C(O)C(O)CO.O=C(O)c1cccc(NC(=O)c2cc(-c3ccc4ccccc4c3)[nH]c2CC2CCCCCC2)c1. The molecule has 1 saturated carbocycles. The lowest BCUT2D eigenvalue weighted by atomic mass is 9.93. The topological polar surface area (TPSA) is 195 Å². The van der Waals surface area contributed by atoms with Gasteiger partial charge in [0.1, 0.15) is 18.3 Å². The van der Waals surface area contributed by atoms with E-state index in [-0.39, 0.29) is 18.0 Å². The molecule has 258 valence electrons. The number of fused-ring (bicyclic) bond motifs is 1. The molecule has 0 bridgehead atoms. The molecule has 5 rings (SSSR count). The van der Waals surface area contributed by atoms with Gasteiger partial charge in [-0.25, -0.2) is 4.79 Å². The molecule has 4 unspecified atom stereocenters. The molecule has 1 fully saturated rings. The molecule has 0 spiro atoms. The van der Waals surface area contributed by atoms with Gasteiger partial charge in [0.2, 0.25) is 0 Å². The summed E-state index contributed by atoms with van der Waals surface area (Å²) in [6.07, 6.45) is 2.63. The molecule has 0 saturated heterocycles. The maximum absolute atomic E-state index is 13.4. The van der Waals surface area contributed by atoms with Crippen LogP contribution in [0.5, 0.6) is 0 Å². The number of amides is 1. The van der Waals surface area contributed by atoms with E-state index in [0.717, 1.165) is 28.8 Å². The zero-order valence-electron chi connectivity index (χ0n) is 27.2. The number of carboxylic acid groups (broad SMARTS) is 1. The molecule has 4 atom stereocenters. The number of aromatic nitrogens is 1. The Labute approximate surface area is 280 Å². The highest BCUT2D eigenvalue weighted by Gasteiger charge is 2.29. The van der Waals surface area contributed by atoms with E-state index in [2.05, 4.69) is 45.9 Å². The van der Waals surface area contributed by atoms with Gasteiger partial charge < -0.3 is 46.3 Å². The van der Waals surface area contributed by atoms with E-state index >= 15 is 0 Å². The predicted octanol–water partition coefficient (Wildman–Crippen LogP) is 3.94. The number of carbonyl (C=O) groups excluding carboxylic acids is 1. The van der Waals surface area contributed by atoms with Crippen LogP contribution in [0, 0.1) is 5.92 Å². The number of H-pyrrole nitrogens is 1. The van der Waals surface area contributed by atoms with Crippen LogP contribution in [0.2, 0.25) is 0 Å². The first-order chi connectivity index (χ1) is 23.1. The first kappa shape index (κ1) is 36.7. The van der Waals surface area contributed by atoms with Crippen molar-refractivity contribution < 1.29 is 40.2 Å². The first-order valence-electron chi connectivity index (χ1n) is 16.4. The van der Waals surface area contributed by atoms with Gasteiger partial charge in [-0.15, -0.1) is 0 Å². The van der Waals surface area contributed by atoms with Crippen LogP contribution >= 0.6 is 0 Å². The summed E-state index contributed by atoms with van der Waals surface area (Å²) in [5.74, 6) is -0.683. The number of hydrogen-bond acceptors (Lipinski definition) is 8. The summed E-state index contributed by atoms with van der Waals surface area (Å²) in [7, 11) is 1.57. The van der Waals surface area contributed by atoms with E-state index in [1.165, 1.54) is 56.0 Å². The number of carbonyl (C=O) groups is 2. The van der Waals surface area contributed by atoms with Crippen LogP contribution in [0.15, 0.2) is 72.8 Å². The van der Waals surface area contributed by atoms with Crippen molar-refractivity contribution in [1.82, 2.24) is 10.3 Å². The lowest BCUT2D eigenvalue weighted by Crippen LogP contribution is -2.48. The molecule has 1 heterocycles. The van der Waals surface area contributed by atoms with Gasteiger partial charge in [0, 0.05) is 23.6 Å². The van der Waals surface area contributed by atoms with Crippen molar-refractivity contribution in [2.45, 2.75) is 69.4 Å². The number of hydrogen-bond donors (Lipinski definition) is 9. The smallest absolute Gasteiger partial charge is 0.335 e. The highest BCUT2D eigenvalue weighted by atomic mass is 16.4. The molecule has 1 aliphatic rings. The number of rotatable bonds is 12. The van der Waals surface area contributed by atoms with E-state index in [1.54, 1.807) is 19.2 Å². The number of aromatic amines is 1. The van der Waals surface area contributed by atoms with Gasteiger partial charge in [0.25, 0.3) is 5.91 Å². The second-order valence-electron chi connectivity index (χ2n) is 12.4. The highest BCUT2D eigenvalue weighted by Crippen LogP contribution is 2.31. The van der Waals surface area contributed by atoms with Crippen LogP contribution in [0.25, 0.3) is 22.0 Å². The van der Waals surface area contributed by atoms with E-state index in [4.69, 9.17) is 20.4 Å². The van der Waals surface area contributed by atoms with E-state index < -0.39 is 37.0 Å². The quantitative estimate of drug-likeness (QED) is 0.101. The number of aliphatic hydroxyl groups is 5. The summed E-state index contributed by atoms with van der Waals surface area (Å²) in [6.45, 7) is -0.569. The van der Waals surface area contributed by atoms with Gasteiger partial charge in [-0.2, -0.15) is 0 Å². The van der Waals surface area contributed by atoms with Gasteiger partial charge in [-0.05, 0) is 66.1 Å². The van der Waals surface area contributed by atoms with Crippen LogP contribution in [-0.2, 0) is 6.42 Å². The largest absolute Gasteiger partial charge is 0.478 e. The van der Waals surface area contributed by atoms with Crippen LogP contribution in [0.3, 0.4) is 0 Å². The van der Waals surface area contributed by atoms with Crippen molar-refractivity contribution in [1.29, 1.82) is 0 Å². The second kappa shape index (κ2) is 17.9. The molecule has 1 aliphatic carbocycles. The molecule has 0 radical (unpaired) electrons. The third-order valence-electron chi connectivity index (χ3n) is 8.78. The average Bonchev–Trinajstić information content (AvgIpc) is 3.35. The summed E-state index contributed by atoms with van der Waals surface area (Å²) >= 11 is 0. The van der Waals surface area contributed by atoms with Gasteiger partial charge >= 0.3 is 5.97 Å². The Kier molecular flexibility index (Phi) is 13.7. The van der Waals surface area contributed by atoms with Crippen molar-refractivity contribution in [3.05, 3.63) is 89.6 Å². The predicted molar refractivity (Wildman–Crippen MR) is 185 cm³/mol. The van der Waals surface area contributed by atoms with Crippen LogP contribution < -0.4 is 10.6 Å². The Morgan fingerprint density at radius 1 is 0.833 bits per heavy atom. The highest BCUT2D eigenvalue weighted by molar-refractivity contribution is 6.06. The van der Waals surface area contributed by atoms with Crippen molar-refractivity contribution in [3.63, 3.8) is 0 Å². The van der Waals surface area contributed by atoms with Gasteiger partial charge in [0.05, 0.1) is 23.8 Å². The zero-order chi connectivity index (χ0) is 34.6. The lowest BCUT2D eigenvalue weighted by molar-refractivity contribution is -0.113. The standard InChI is InChI=1S/C30H30N2O3.C7H17NO5/c33-29(31-25-13-7-12-24(18-25)30(34)35)26-19-27(23-15-14-21-10-5-6-11-22(21)17-23)32-28(26)16-20-8-3-1-2-4-9-20;1-8-2-4(10)6(12)7(13)5(11)3-9/h5-7,10-15,17-20,32H,1-4,8-9,16H2,(H,31,33)(H,34,35);4-13H,2-3H2,1H3. The third kappa shape index (κ3) is 9.96. The van der Waals surface area contributed by atoms with Gasteiger partial charge in [0.15, 0.2) is 0 Å². The van der Waals surface area contributed by atoms with Gasteiger partial charge in [-0.3, -0.25) is 4.79 Å². The Morgan fingerprint density at radius 2 is 1.52 bits per heavy atom. The molecule has 3 aromatic carbocycles. The lowest BCUT2D eigenvalue weighted by Gasteiger charge is -2.25. The minimum atomic E-state index is -1.55. The number of aromatic carboxylic acids is 1. The minimum Gasteiger partial charge on any atom is -0.478 e. The molecular formula is C37H47N3O8. The molecule has 1 aromatic heterocycles. The Bertz CT molecular complexity index is 1630. The van der Waals surface area contributed by atoms with Crippen LogP contribution in [0.1, 0.15) is 64.9 Å². The molecule has 1 amide bonds. The normalized spacial score (nSPS) is 16.2. The average molecular weight is 662 g/mol. The van der Waals surface area contributed by atoms with E-state index in [0.29, 0.717) is 17.2 Å². The summed E-state index contributed by atoms with van der Waals surface area (Å²) in [6, 6.07) is 22.9. The fourth-order valence-corrected chi connectivity index (χ4v) is 6.05. The summed E-state index contributed by atoms with van der Waals surface area (Å²) in [5, 5.41) is 62.0. The number of nitrogens with one attached hydrogen (secondary N) is 3. The molecule has 11 nitrogen and oxygen atoms in total. The van der Waals surface area contributed by atoms with E-state index in [1.807, 2.05) is 18.2 Å². The van der Waals surface area contributed by atoms with Gasteiger partial charge in [-0.1, -0.05) is 81.0 Å². The molecule has 48 heavy (non-hydrogen) atoms. The van der Waals surface area contributed by atoms with Crippen molar-refractivity contribution in [2.24, 2.45) is 5.92 Å². The number of anilines is 1. The molecule has 0 aliphatic heterocycles. The minimum absolute atomic E-state index is 0.0936. The monoisotopic (exact) mass is 661 g/mol. The first-order valence-corrected chi connectivity index (χ1v) is 16.4. The molecule has 9 N–H and O–H groups in total. The summed E-state index contributed by atoms with van der Waals surface area (Å²) < 4.78 is 0. The Balaban J connectivity index is 0.000000341. The summed E-state index contributed by atoms with van der Waals surface area (Å²) in [4.78, 5) is 28.3. The van der Waals surface area contributed by atoms with Crippen molar-refractivity contribution >= 4 is 28.3 Å². The van der Waals surface area contributed by atoms with Crippen LogP contribution in [0.4, 0.5) is 5.69 Å². The zero-order valence-corrected chi connectivity index (χ0v) is 27.2. The maximum atomic E-state index is 13.4. The van der Waals surface area contributed by atoms with E-state index in [9.17, 15) is 19.8 Å². The van der Waals surface area contributed by atoms with Crippen molar-refractivity contribution in [3.8, 4) is 11.3 Å².